The fourth-order valence-corrected chi connectivity index (χ4v) is 4.97. The lowest BCUT2D eigenvalue weighted by molar-refractivity contribution is -0.198. The molecular weight excluding hydrogens is 388 g/mol. The van der Waals surface area contributed by atoms with Gasteiger partial charge in [-0.15, -0.1) is 0 Å². The number of fused-ring (bicyclic) bond motifs is 1. The largest absolute Gasteiger partial charge is 0.464 e. The van der Waals surface area contributed by atoms with Gasteiger partial charge in [0.1, 0.15) is 0 Å². The van der Waals surface area contributed by atoms with E-state index < -0.39 is 24.3 Å². The first-order chi connectivity index (χ1) is 14.3. The molecule has 0 amide bonds. The molecule has 0 aliphatic heterocycles. The van der Waals surface area contributed by atoms with Crippen LogP contribution >= 0.6 is 0 Å². The Morgan fingerprint density at radius 3 is 2.63 bits per heavy atom. The first kappa shape index (κ1) is 24.8. The van der Waals surface area contributed by atoms with Gasteiger partial charge in [-0.1, -0.05) is 38.3 Å². The Balaban J connectivity index is 1.80. The minimum Gasteiger partial charge on any atom is -0.464 e. The van der Waals surface area contributed by atoms with E-state index in [1.807, 2.05) is 12.2 Å². The second-order valence-corrected chi connectivity index (χ2v) is 8.71. The number of unbranched alkanes of at least 4 members (excludes halogenated alkanes) is 2. The number of esters is 2. The van der Waals surface area contributed by atoms with E-state index in [4.69, 9.17) is 9.47 Å². The zero-order valence-corrected chi connectivity index (χ0v) is 18.5. The van der Waals surface area contributed by atoms with Crippen molar-refractivity contribution in [1.82, 2.24) is 0 Å². The van der Waals surface area contributed by atoms with Crippen molar-refractivity contribution in [2.45, 2.75) is 83.7 Å². The fourth-order valence-electron chi connectivity index (χ4n) is 4.97. The van der Waals surface area contributed by atoms with Gasteiger partial charge in [0.05, 0.1) is 25.9 Å². The highest BCUT2D eigenvalue weighted by molar-refractivity contribution is 5.77. The fraction of sp³-hybridized carbons (Fsp3) is 0.826. The predicted octanol–water partition coefficient (Wildman–Crippen LogP) is 2.98. The van der Waals surface area contributed by atoms with Crippen molar-refractivity contribution in [3.8, 4) is 0 Å². The van der Waals surface area contributed by atoms with Gasteiger partial charge >= 0.3 is 18.2 Å². The molecule has 2 aliphatic carbocycles. The van der Waals surface area contributed by atoms with E-state index in [1.165, 1.54) is 14.0 Å². The monoisotopic (exact) mass is 426 g/mol. The summed E-state index contributed by atoms with van der Waals surface area (Å²) in [4.78, 5) is 22.8. The molecule has 0 saturated heterocycles. The van der Waals surface area contributed by atoms with E-state index in [2.05, 4.69) is 11.7 Å². The third-order valence-corrected chi connectivity index (χ3v) is 6.45. The normalized spacial score (nSPS) is 30.2. The number of hydrogen-bond donors (Lipinski definition) is 2. The summed E-state index contributed by atoms with van der Waals surface area (Å²) in [5.74, 6) is 0.0930. The van der Waals surface area contributed by atoms with E-state index in [9.17, 15) is 19.8 Å². The number of hydrogen-bond acceptors (Lipinski definition) is 7. The Morgan fingerprint density at radius 1 is 1.20 bits per heavy atom. The predicted molar refractivity (Wildman–Crippen MR) is 111 cm³/mol. The second kappa shape index (κ2) is 12.4. The SMILES string of the molecule is CCCCCC(O)C=C[C@H]1[C@@H]2CC(CCOC(OC(C)=O)C(=O)OC)C[C@H]2C[C@@H]1O. The summed E-state index contributed by atoms with van der Waals surface area (Å²) in [7, 11) is 1.22. The molecule has 0 spiro atoms. The van der Waals surface area contributed by atoms with E-state index in [-0.39, 0.29) is 12.0 Å². The lowest BCUT2D eigenvalue weighted by atomic mass is 9.89. The average Bonchev–Trinajstić information content (AvgIpc) is 3.21. The molecule has 0 bridgehead atoms. The second-order valence-electron chi connectivity index (χ2n) is 8.71. The van der Waals surface area contributed by atoms with Crippen molar-refractivity contribution in [2.75, 3.05) is 13.7 Å². The topological polar surface area (TPSA) is 102 Å². The van der Waals surface area contributed by atoms with Crippen molar-refractivity contribution >= 4 is 11.9 Å². The zero-order valence-electron chi connectivity index (χ0n) is 18.5. The molecule has 2 rings (SSSR count). The zero-order chi connectivity index (χ0) is 22.1. The van der Waals surface area contributed by atoms with Crippen molar-refractivity contribution in [3.63, 3.8) is 0 Å². The van der Waals surface area contributed by atoms with Gasteiger partial charge in [-0.3, -0.25) is 4.79 Å². The molecule has 7 nitrogen and oxygen atoms in total. The van der Waals surface area contributed by atoms with Gasteiger partial charge in [-0.2, -0.15) is 0 Å². The van der Waals surface area contributed by atoms with E-state index >= 15 is 0 Å². The van der Waals surface area contributed by atoms with Crippen LogP contribution in [0, 0.1) is 23.7 Å². The summed E-state index contributed by atoms with van der Waals surface area (Å²) in [6.45, 7) is 3.66. The van der Waals surface area contributed by atoms with Gasteiger partial charge in [0, 0.05) is 12.8 Å². The van der Waals surface area contributed by atoms with Gasteiger partial charge in [0.25, 0.3) is 0 Å². The summed E-state index contributed by atoms with van der Waals surface area (Å²) in [6, 6.07) is 0. The molecule has 0 aromatic rings. The van der Waals surface area contributed by atoms with Crippen molar-refractivity contribution in [3.05, 3.63) is 12.2 Å². The standard InChI is InChI=1S/C23H38O7/c1-4-5-6-7-18(25)8-9-19-20-13-16(12-17(20)14-21(19)26)10-11-29-23(22(27)28-3)30-15(2)24/h8-9,16-21,23,25-26H,4-7,10-14H2,1-3H3/t16?,17-,18?,19-,20+,21-,23?/m0/s1. The van der Waals surface area contributed by atoms with Crippen LogP contribution in [0.15, 0.2) is 12.2 Å². The number of aliphatic hydroxyl groups excluding tert-OH is 2. The highest BCUT2D eigenvalue weighted by Crippen LogP contribution is 2.51. The van der Waals surface area contributed by atoms with Crippen LogP contribution in [0.4, 0.5) is 0 Å². The lowest BCUT2D eigenvalue weighted by Crippen LogP contribution is -2.31. The quantitative estimate of drug-likeness (QED) is 0.214. The third-order valence-electron chi connectivity index (χ3n) is 6.45. The maximum atomic E-state index is 11.6. The van der Waals surface area contributed by atoms with Crippen molar-refractivity contribution in [2.24, 2.45) is 23.7 Å². The van der Waals surface area contributed by atoms with Gasteiger partial charge in [-0.05, 0) is 49.9 Å². The van der Waals surface area contributed by atoms with Gasteiger partial charge in [-0.25, -0.2) is 4.79 Å². The number of carbonyl (C=O) groups excluding carboxylic acids is 2. The minimum atomic E-state index is -1.32. The molecule has 172 valence electrons. The van der Waals surface area contributed by atoms with Crippen LogP contribution in [-0.4, -0.2) is 54.4 Å². The van der Waals surface area contributed by atoms with Gasteiger partial charge < -0.3 is 24.4 Å². The Kier molecular flexibility index (Phi) is 10.3. The molecule has 30 heavy (non-hydrogen) atoms. The Hall–Kier alpha value is -1.44. The molecule has 3 unspecified atom stereocenters. The van der Waals surface area contributed by atoms with Crippen molar-refractivity contribution < 1.29 is 34.0 Å². The first-order valence-electron chi connectivity index (χ1n) is 11.3. The Labute approximate surface area is 179 Å². The number of rotatable bonds is 12. The number of aliphatic hydroxyl groups is 2. The summed E-state index contributed by atoms with van der Waals surface area (Å²) < 4.78 is 14.9. The maximum Gasteiger partial charge on any atom is 0.376 e. The van der Waals surface area contributed by atoms with E-state index in [0.29, 0.717) is 24.4 Å². The van der Waals surface area contributed by atoms with Crippen LogP contribution in [0.3, 0.4) is 0 Å². The van der Waals surface area contributed by atoms with Crippen LogP contribution in [0.2, 0.25) is 0 Å². The molecule has 0 aromatic carbocycles. The summed E-state index contributed by atoms with van der Waals surface area (Å²) in [5, 5.41) is 20.6. The lowest BCUT2D eigenvalue weighted by Gasteiger charge is -2.20. The highest BCUT2D eigenvalue weighted by Gasteiger charge is 2.46. The van der Waals surface area contributed by atoms with Crippen LogP contribution in [-0.2, 0) is 23.8 Å². The number of methoxy groups -OCH3 is 1. The van der Waals surface area contributed by atoms with Gasteiger partial charge in [0.15, 0.2) is 0 Å². The molecule has 0 aromatic heterocycles. The number of ether oxygens (including phenoxy) is 3. The smallest absolute Gasteiger partial charge is 0.376 e. The molecule has 2 aliphatic rings. The first-order valence-corrected chi connectivity index (χ1v) is 11.3. The van der Waals surface area contributed by atoms with Crippen LogP contribution in [0.5, 0.6) is 0 Å². The molecule has 7 heteroatoms. The van der Waals surface area contributed by atoms with E-state index in [1.54, 1.807) is 0 Å². The summed E-state index contributed by atoms with van der Waals surface area (Å²) in [6.07, 6.45) is 9.39. The Morgan fingerprint density at radius 2 is 1.97 bits per heavy atom. The van der Waals surface area contributed by atoms with Crippen LogP contribution in [0.1, 0.15) is 65.2 Å². The summed E-state index contributed by atoms with van der Waals surface area (Å²) >= 11 is 0. The molecular formula is C23H38O7. The van der Waals surface area contributed by atoms with Crippen LogP contribution in [0.25, 0.3) is 0 Å². The summed E-state index contributed by atoms with van der Waals surface area (Å²) in [5.41, 5.74) is 0. The van der Waals surface area contributed by atoms with Crippen molar-refractivity contribution in [1.29, 1.82) is 0 Å². The highest BCUT2D eigenvalue weighted by atomic mass is 16.7. The number of carbonyl (C=O) groups is 2. The molecule has 0 heterocycles. The minimum absolute atomic E-state index is 0.0885. The molecule has 2 saturated carbocycles. The van der Waals surface area contributed by atoms with Gasteiger partial charge in [0.2, 0.25) is 0 Å². The van der Waals surface area contributed by atoms with Crippen LogP contribution < -0.4 is 0 Å². The third kappa shape index (κ3) is 7.36. The molecule has 2 N–H and O–H groups in total. The average molecular weight is 427 g/mol. The maximum absolute atomic E-state index is 11.6. The Bertz CT molecular complexity index is 576. The van der Waals surface area contributed by atoms with E-state index in [0.717, 1.165) is 51.4 Å². The molecule has 2 fully saturated rings. The molecule has 7 atom stereocenters. The molecule has 0 radical (unpaired) electrons.